The van der Waals surface area contributed by atoms with Crippen LogP contribution in [0.15, 0.2) is 18.2 Å². The lowest BCUT2D eigenvalue weighted by molar-refractivity contribution is -0.128. The molecule has 0 aromatic heterocycles. The maximum Gasteiger partial charge on any atom is 0.253 e. The normalized spacial score (nSPS) is 23.9. The standard InChI is InChI=1S/C19H26N2O3/c1-12(2)9-16(22)21-17(23)14-3-4-15-11-19(6-5-13(15)10-14)7-8-20-18(19)24/h3-4,10,12,16,22H,5-9,11H2,1-2H3,(H,20,24)(H,21,23)/t16?,19-/m0/s1. The lowest BCUT2D eigenvalue weighted by Crippen LogP contribution is -2.37. The minimum absolute atomic E-state index is 0.173. The molecule has 2 aliphatic rings. The molecule has 1 aliphatic carbocycles. The summed E-state index contributed by atoms with van der Waals surface area (Å²) >= 11 is 0. The second-order valence-corrected chi connectivity index (χ2v) is 7.57. The van der Waals surface area contributed by atoms with Gasteiger partial charge in [0.25, 0.3) is 5.91 Å². The lowest BCUT2D eigenvalue weighted by atomic mass is 9.70. The first-order valence-electron chi connectivity index (χ1n) is 8.79. The van der Waals surface area contributed by atoms with E-state index in [1.165, 1.54) is 0 Å². The van der Waals surface area contributed by atoms with Crippen LogP contribution in [0.3, 0.4) is 0 Å². The molecule has 3 N–H and O–H groups in total. The van der Waals surface area contributed by atoms with Crippen LogP contribution in [-0.2, 0) is 17.6 Å². The van der Waals surface area contributed by atoms with E-state index in [-0.39, 0.29) is 17.2 Å². The zero-order chi connectivity index (χ0) is 17.3. The zero-order valence-electron chi connectivity index (χ0n) is 14.4. The van der Waals surface area contributed by atoms with Crippen molar-refractivity contribution in [2.24, 2.45) is 11.3 Å². The van der Waals surface area contributed by atoms with Crippen molar-refractivity contribution in [3.05, 3.63) is 34.9 Å². The Bertz CT molecular complexity index is 656. The molecule has 5 heteroatoms. The molecule has 1 fully saturated rings. The lowest BCUT2D eigenvalue weighted by Gasteiger charge is -2.32. The molecule has 1 aromatic carbocycles. The van der Waals surface area contributed by atoms with Crippen LogP contribution in [-0.4, -0.2) is 29.7 Å². The smallest absolute Gasteiger partial charge is 0.253 e. The Hall–Kier alpha value is -1.88. The van der Waals surface area contributed by atoms with Gasteiger partial charge in [0.1, 0.15) is 6.23 Å². The average molecular weight is 330 g/mol. The number of aliphatic hydroxyl groups is 1. The van der Waals surface area contributed by atoms with Gasteiger partial charge in [-0.1, -0.05) is 19.9 Å². The van der Waals surface area contributed by atoms with Gasteiger partial charge in [0.05, 0.1) is 5.41 Å². The first-order chi connectivity index (χ1) is 11.4. The van der Waals surface area contributed by atoms with Crippen molar-refractivity contribution in [2.45, 2.75) is 52.2 Å². The van der Waals surface area contributed by atoms with Gasteiger partial charge < -0.3 is 15.7 Å². The molecular formula is C19H26N2O3. The van der Waals surface area contributed by atoms with Crippen molar-refractivity contribution in [3.63, 3.8) is 0 Å². The summed E-state index contributed by atoms with van der Waals surface area (Å²) in [6.45, 7) is 4.77. The molecular weight excluding hydrogens is 304 g/mol. The molecule has 1 spiro atoms. The predicted octanol–water partition coefficient (Wildman–Crippen LogP) is 1.78. The summed E-state index contributed by atoms with van der Waals surface area (Å²) in [6.07, 6.45) is 3.03. The van der Waals surface area contributed by atoms with Crippen LogP contribution in [0.5, 0.6) is 0 Å². The summed E-state index contributed by atoms with van der Waals surface area (Å²) in [5.74, 6) is 0.245. The molecule has 5 nitrogen and oxygen atoms in total. The zero-order valence-corrected chi connectivity index (χ0v) is 14.4. The number of aryl methyl sites for hydroxylation is 1. The van der Waals surface area contributed by atoms with Crippen molar-refractivity contribution >= 4 is 11.8 Å². The molecule has 0 saturated carbocycles. The Kier molecular flexibility index (Phi) is 4.63. The number of aliphatic hydroxyl groups excluding tert-OH is 1. The quantitative estimate of drug-likeness (QED) is 0.736. The molecule has 2 atom stereocenters. The van der Waals surface area contributed by atoms with Crippen molar-refractivity contribution in [1.82, 2.24) is 10.6 Å². The Balaban J connectivity index is 1.71. The number of hydrogen-bond acceptors (Lipinski definition) is 3. The highest BCUT2D eigenvalue weighted by atomic mass is 16.3. The highest BCUT2D eigenvalue weighted by molar-refractivity contribution is 5.94. The Morgan fingerprint density at radius 2 is 2.12 bits per heavy atom. The van der Waals surface area contributed by atoms with E-state index < -0.39 is 6.23 Å². The SMILES string of the molecule is CC(C)CC(O)NC(=O)c1ccc2c(c1)CC[C@]1(CCNC1=O)C2. The number of nitrogens with one attached hydrogen (secondary N) is 2. The Morgan fingerprint density at radius 3 is 2.79 bits per heavy atom. The number of carbonyl (C=O) groups excluding carboxylic acids is 2. The van der Waals surface area contributed by atoms with Crippen molar-refractivity contribution in [2.75, 3.05) is 6.54 Å². The molecule has 1 saturated heterocycles. The fourth-order valence-corrected chi connectivity index (χ4v) is 3.86. The van der Waals surface area contributed by atoms with Gasteiger partial charge in [0.2, 0.25) is 5.91 Å². The number of hydrogen-bond donors (Lipinski definition) is 3. The van der Waals surface area contributed by atoms with E-state index in [0.717, 1.165) is 43.4 Å². The number of carbonyl (C=O) groups is 2. The van der Waals surface area contributed by atoms with Gasteiger partial charge in [-0.15, -0.1) is 0 Å². The van der Waals surface area contributed by atoms with Crippen LogP contribution in [0.2, 0.25) is 0 Å². The monoisotopic (exact) mass is 330 g/mol. The number of benzene rings is 1. The molecule has 2 amide bonds. The number of amides is 2. The molecule has 1 aliphatic heterocycles. The fraction of sp³-hybridized carbons (Fsp3) is 0.579. The van der Waals surface area contributed by atoms with Crippen LogP contribution in [0.4, 0.5) is 0 Å². The van der Waals surface area contributed by atoms with Crippen molar-refractivity contribution in [1.29, 1.82) is 0 Å². The van der Waals surface area contributed by atoms with E-state index in [9.17, 15) is 14.7 Å². The van der Waals surface area contributed by atoms with Gasteiger partial charge in [-0.05, 0) is 61.3 Å². The van der Waals surface area contributed by atoms with Gasteiger partial charge in [0.15, 0.2) is 0 Å². The van der Waals surface area contributed by atoms with Crippen LogP contribution >= 0.6 is 0 Å². The van der Waals surface area contributed by atoms with Crippen molar-refractivity contribution < 1.29 is 14.7 Å². The summed E-state index contributed by atoms with van der Waals surface area (Å²) in [6, 6.07) is 5.67. The molecule has 130 valence electrons. The summed E-state index contributed by atoms with van der Waals surface area (Å²) < 4.78 is 0. The minimum Gasteiger partial charge on any atom is -0.374 e. The molecule has 0 radical (unpaired) electrons. The van der Waals surface area contributed by atoms with E-state index >= 15 is 0 Å². The molecule has 1 unspecified atom stereocenters. The molecule has 24 heavy (non-hydrogen) atoms. The largest absolute Gasteiger partial charge is 0.374 e. The van der Waals surface area contributed by atoms with Gasteiger partial charge >= 0.3 is 0 Å². The molecule has 1 aromatic rings. The molecule has 3 rings (SSSR count). The summed E-state index contributed by atoms with van der Waals surface area (Å²) in [7, 11) is 0. The third-order valence-electron chi connectivity index (χ3n) is 5.23. The van der Waals surface area contributed by atoms with Crippen LogP contribution < -0.4 is 10.6 Å². The van der Waals surface area contributed by atoms with Gasteiger partial charge in [-0.3, -0.25) is 9.59 Å². The van der Waals surface area contributed by atoms with Crippen LogP contribution in [0, 0.1) is 11.3 Å². The second kappa shape index (κ2) is 6.55. The second-order valence-electron chi connectivity index (χ2n) is 7.57. The summed E-state index contributed by atoms with van der Waals surface area (Å²) in [5.41, 5.74) is 2.64. The topological polar surface area (TPSA) is 78.4 Å². The minimum atomic E-state index is -0.820. The molecule has 0 bridgehead atoms. The third kappa shape index (κ3) is 3.31. The van der Waals surface area contributed by atoms with Crippen LogP contribution in [0.1, 0.15) is 54.6 Å². The Labute approximate surface area is 142 Å². The fourth-order valence-electron chi connectivity index (χ4n) is 3.86. The van der Waals surface area contributed by atoms with E-state index in [2.05, 4.69) is 10.6 Å². The number of fused-ring (bicyclic) bond motifs is 1. The highest BCUT2D eigenvalue weighted by Crippen LogP contribution is 2.41. The van der Waals surface area contributed by atoms with E-state index in [1.807, 2.05) is 26.0 Å². The van der Waals surface area contributed by atoms with Gasteiger partial charge in [-0.2, -0.15) is 0 Å². The van der Waals surface area contributed by atoms with Gasteiger partial charge in [-0.25, -0.2) is 0 Å². The van der Waals surface area contributed by atoms with Gasteiger partial charge in [0, 0.05) is 12.1 Å². The van der Waals surface area contributed by atoms with E-state index in [1.54, 1.807) is 6.07 Å². The van der Waals surface area contributed by atoms with E-state index in [4.69, 9.17) is 0 Å². The summed E-state index contributed by atoms with van der Waals surface area (Å²) in [4.78, 5) is 24.4. The summed E-state index contributed by atoms with van der Waals surface area (Å²) in [5, 5.41) is 15.5. The predicted molar refractivity (Wildman–Crippen MR) is 91.5 cm³/mol. The maximum atomic E-state index is 12.3. The molecule has 1 heterocycles. The first-order valence-corrected chi connectivity index (χ1v) is 8.79. The Morgan fingerprint density at radius 1 is 1.33 bits per heavy atom. The highest BCUT2D eigenvalue weighted by Gasteiger charge is 2.44. The average Bonchev–Trinajstić information content (AvgIpc) is 2.86. The van der Waals surface area contributed by atoms with E-state index in [0.29, 0.717) is 17.9 Å². The van der Waals surface area contributed by atoms with Crippen LogP contribution in [0.25, 0.3) is 0 Å². The third-order valence-corrected chi connectivity index (χ3v) is 5.23. The first kappa shape index (κ1) is 17.0. The van der Waals surface area contributed by atoms with Crippen molar-refractivity contribution in [3.8, 4) is 0 Å². The number of rotatable bonds is 4. The maximum absolute atomic E-state index is 12.3.